The number of benzene rings is 1. The van der Waals surface area contributed by atoms with Gasteiger partial charge in [0.1, 0.15) is 0 Å². The van der Waals surface area contributed by atoms with Gasteiger partial charge in [0.25, 0.3) is 0 Å². The number of carbonyl (C=O) groups is 1. The Hall–Kier alpha value is -1.56. The summed E-state index contributed by atoms with van der Waals surface area (Å²) in [5.74, 6) is -0.410. The van der Waals surface area contributed by atoms with Crippen molar-refractivity contribution in [3.8, 4) is 0 Å². The number of hydroxylamine groups is 2. The van der Waals surface area contributed by atoms with E-state index < -0.39 is 17.6 Å². The fourth-order valence-electron chi connectivity index (χ4n) is 1.25. The molecule has 0 heterocycles. The summed E-state index contributed by atoms with van der Waals surface area (Å²) in [6, 6.07) is 4.67. The van der Waals surface area contributed by atoms with E-state index in [1.807, 2.05) is 0 Å². The molecular weight excluding hydrogens is 235 g/mol. The summed E-state index contributed by atoms with van der Waals surface area (Å²) in [5, 5.41) is 0.972. The summed E-state index contributed by atoms with van der Waals surface area (Å²) in [5.41, 5.74) is -0.461. The van der Waals surface area contributed by atoms with Crippen LogP contribution in [0, 0.1) is 0 Å². The lowest BCUT2D eigenvalue weighted by molar-refractivity contribution is -0.167. The van der Waals surface area contributed by atoms with Gasteiger partial charge >= 0.3 is 6.18 Å². The van der Waals surface area contributed by atoms with Gasteiger partial charge in [-0.25, -0.2) is 5.06 Å². The smallest absolute Gasteiger partial charge is 0.275 e. The summed E-state index contributed by atoms with van der Waals surface area (Å²) in [6.07, 6.45) is -4.53. The van der Waals surface area contributed by atoms with Crippen LogP contribution in [0.5, 0.6) is 0 Å². The zero-order valence-corrected chi connectivity index (χ0v) is 9.41. The first kappa shape index (κ1) is 13.5. The number of likely N-dealkylation sites (N-methyl/N-ethyl adjacent to an activating group) is 1. The van der Waals surface area contributed by atoms with Crippen molar-refractivity contribution in [2.75, 3.05) is 14.2 Å². The summed E-state index contributed by atoms with van der Waals surface area (Å²) in [4.78, 5) is 16.1. The van der Waals surface area contributed by atoms with E-state index in [2.05, 4.69) is 4.84 Å². The van der Waals surface area contributed by atoms with E-state index >= 15 is 0 Å². The Labute approximate surface area is 96.7 Å². The number of amides is 1. The zero-order chi connectivity index (χ0) is 13.1. The third kappa shape index (κ3) is 3.74. The highest BCUT2D eigenvalue weighted by molar-refractivity contribution is 5.77. The Kier molecular flexibility index (Phi) is 4.11. The molecular formula is C11H12F3NO2. The lowest BCUT2D eigenvalue weighted by Gasteiger charge is -2.14. The second-order valence-electron chi connectivity index (χ2n) is 3.45. The molecule has 0 aliphatic carbocycles. The minimum Gasteiger partial charge on any atom is -0.275 e. The van der Waals surface area contributed by atoms with Crippen LogP contribution in [-0.2, 0) is 22.2 Å². The average molecular weight is 247 g/mol. The maximum atomic E-state index is 12.4. The Morgan fingerprint density at radius 3 is 2.59 bits per heavy atom. The van der Waals surface area contributed by atoms with Gasteiger partial charge in [0.05, 0.1) is 19.1 Å². The van der Waals surface area contributed by atoms with Crippen molar-refractivity contribution < 1.29 is 22.8 Å². The molecule has 0 saturated carbocycles. The lowest BCUT2D eigenvalue weighted by atomic mass is 10.1. The van der Waals surface area contributed by atoms with Crippen molar-refractivity contribution in [2.24, 2.45) is 0 Å². The van der Waals surface area contributed by atoms with Crippen LogP contribution in [0.3, 0.4) is 0 Å². The van der Waals surface area contributed by atoms with Crippen LogP contribution in [0.1, 0.15) is 11.1 Å². The third-order valence-corrected chi connectivity index (χ3v) is 2.23. The normalized spacial score (nSPS) is 11.4. The van der Waals surface area contributed by atoms with Crippen LogP contribution in [0.4, 0.5) is 13.2 Å². The molecule has 17 heavy (non-hydrogen) atoms. The lowest BCUT2D eigenvalue weighted by Crippen LogP contribution is -2.27. The maximum absolute atomic E-state index is 12.4. The molecule has 0 spiro atoms. The highest BCUT2D eigenvalue weighted by atomic mass is 19.4. The Morgan fingerprint density at radius 2 is 2.06 bits per heavy atom. The van der Waals surface area contributed by atoms with Crippen LogP contribution < -0.4 is 0 Å². The quantitative estimate of drug-likeness (QED) is 0.767. The summed E-state index contributed by atoms with van der Waals surface area (Å²) in [7, 11) is 2.71. The van der Waals surface area contributed by atoms with E-state index in [1.54, 1.807) is 0 Å². The number of nitrogens with zero attached hydrogens (tertiary/aromatic N) is 1. The number of rotatable bonds is 3. The van der Waals surface area contributed by atoms with E-state index in [1.165, 1.54) is 26.3 Å². The molecule has 0 bridgehead atoms. The first-order valence-corrected chi connectivity index (χ1v) is 4.81. The van der Waals surface area contributed by atoms with Gasteiger partial charge in [0.15, 0.2) is 0 Å². The highest BCUT2D eigenvalue weighted by Crippen LogP contribution is 2.29. The number of hydrogen-bond donors (Lipinski definition) is 0. The van der Waals surface area contributed by atoms with Gasteiger partial charge in [-0.1, -0.05) is 18.2 Å². The van der Waals surface area contributed by atoms with Crippen molar-refractivity contribution >= 4 is 5.91 Å². The van der Waals surface area contributed by atoms with Crippen LogP contribution in [-0.4, -0.2) is 25.1 Å². The first-order valence-electron chi connectivity index (χ1n) is 4.81. The van der Waals surface area contributed by atoms with Crippen LogP contribution >= 0.6 is 0 Å². The summed E-state index contributed by atoms with van der Waals surface area (Å²) >= 11 is 0. The molecule has 94 valence electrons. The first-order chi connectivity index (χ1) is 7.84. The minimum atomic E-state index is -4.40. The van der Waals surface area contributed by atoms with Gasteiger partial charge in [0, 0.05) is 7.05 Å². The maximum Gasteiger partial charge on any atom is 0.416 e. The molecule has 0 aliphatic heterocycles. The monoisotopic (exact) mass is 247 g/mol. The van der Waals surface area contributed by atoms with Crippen LogP contribution in [0.2, 0.25) is 0 Å². The van der Waals surface area contributed by atoms with Gasteiger partial charge in [-0.3, -0.25) is 9.63 Å². The highest BCUT2D eigenvalue weighted by Gasteiger charge is 2.30. The molecule has 1 amide bonds. The Bertz CT molecular complexity index is 404. The fourth-order valence-corrected chi connectivity index (χ4v) is 1.25. The molecule has 1 rings (SSSR count). The molecule has 0 radical (unpaired) electrons. The summed E-state index contributed by atoms with van der Waals surface area (Å²) < 4.78 is 37.2. The molecule has 0 aliphatic rings. The molecule has 0 saturated heterocycles. The Balaban J connectivity index is 2.83. The van der Waals surface area contributed by atoms with E-state index in [4.69, 9.17) is 0 Å². The van der Waals surface area contributed by atoms with E-state index in [0.717, 1.165) is 17.2 Å². The molecule has 0 aromatic heterocycles. The second-order valence-corrected chi connectivity index (χ2v) is 3.45. The molecule has 6 heteroatoms. The van der Waals surface area contributed by atoms with Gasteiger partial charge in [-0.2, -0.15) is 13.2 Å². The van der Waals surface area contributed by atoms with Crippen molar-refractivity contribution in [1.29, 1.82) is 0 Å². The molecule has 1 aromatic rings. The van der Waals surface area contributed by atoms with E-state index in [9.17, 15) is 18.0 Å². The fraction of sp³-hybridized carbons (Fsp3) is 0.364. The largest absolute Gasteiger partial charge is 0.416 e. The van der Waals surface area contributed by atoms with Crippen molar-refractivity contribution in [3.63, 3.8) is 0 Å². The zero-order valence-electron chi connectivity index (χ0n) is 9.41. The molecule has 0 fully saturated rings. The second kappa shape index (κ2) is 5.18. The third-order valence-electron chi connectivity index (χ3n) is 2.23. The van der Waals surface area contributed by atoms with Crippen molar-refractivity contribution in [2.45, 2.75) is 12.6 Å². The minimum absolute atomic E-state index is 0.131. The number of alkyl halides is 3. The van der Waals surface area contributed by atoms with Crippen molar-refractivity contribution in [3.05, 3.63) is 35.4 Å². The average Bonchev–Trinajstić information content (AvgIpc) is 2.27. The van der Waals surface area contributed by atoms with Gasteiger partial charge in [0.2, 0.25) is 5.91 Å². The summed E-state index contributed by atoms with van der Waals surface area (Å²) in [6.45, 7) is 0. The Morgan fingerprint density at radius 1 is 1.41 bits per heavy atom. The van der Waals surface area contributed by atoms with Crippen molar-refractivity contribution in [1.82, 2.24) is 5.06 Å². The van der Waals surface area contributed by atoms with Gasteiger partial charge in [-0.05, 0) is 11.6 Å². The number of halogens is 3. The molecule has 1 aromatic carbocycles. The van der Waals surface area contributed by atoms with E-state index in [0.29, 0.717) is 5.56 Å². The molecule has 3 nitrogen and oxygen atoms in total. The van der Waals surface area contributed by atoms with Gasteiger partial charge < -0.3 is 0 Å². The predicted octanol–water partition coefficient (Wildman–Crippen LogP) is 2.27. The number of hydrogen-bond acceptors (Lipinski definition) is 2. The standard InChI is InChI=1S/C11H12F3NO2/c1-15(17-2)10(16)7-8-4-3-5-9(6-8)11(12,13)14/h3-6H,7H2,1-2H3. The number of carbonyl (C=O) groups excluding carboxylic acids is 1. The van der Waals surface area contributed by atoms with Crippen LogP contribution in [0.15, 0.2) is 24.3 Å². The predicted molar refractivity (Wildman–Crippen MR) is 54.9 cm³/mol. The SMILES string of the molecule is CON(C)C(=O)Cc1cccc(C(F)(F)F)c1. The molecule has 0 atom stereocenters. The van der Waals surface area contributed by atoms with E-state index in [-0.39, 0.29) is 6.42 Å². The topological polar surface area (TPSA) is 29.5 Å². The van der Waals surface area contributed by atoms with Crippen LogP contribution in [0.25, 0.3) is 0 Å². The molecule has 0 N–H and O–H groups in total. The van der Waals surface area contributed by atoms with Gasteiger partial charge in [-0.15, -0.1) is 0 Å². The molecule has 0 unspecified atom stereocenters.